The number of benzene rings is 2. The Morgan fingerprint density at radius 1 is 0.958 bits per heavy atom. The molecule has 0 aliphatic rings. The molecule has 2 rings (SSSR count). The van der Waals surface area contributed by atoms with Crippen LogP contribution in [0, 0.1) is 6.92 Å². The lowest BCUT2D eigenvalue weighted by atomic mass is 10.1. The highest BCUT2D eigenvalue weighted by atomic mass is 16.5. The fraction of sp³-hybridized carbons (Fsp3) is 0.350. The Morgan fingerprint density at radius 2 is 1.58 bits per heavy atom. The number of aryl methyl sites for hydroxylation is 2. The highest BCUT2D eigenvalue weighted by Crippen LogP contribution is 2.27. The molecule has 0 atom stereocenters. The van der Waals surface area contributed by atoms with E-state index in [4.69, 9.17) is 9.47 Å². The average Bonchev–Trinajstić information content (AvgIpc) is 2.62. The molecule has 4 nitrogen and oxygen atoms in total. The molecule has 0 aromatic heterocycles. The zero-order valence-corrected chi connectivity index (χ0v) is 14.6. The van der Waals surface area contributed by atoms with E-state index in [-0.39, 0.29) is 5.91 Å². The number of hydrogen-bond acceptors (Lipinski definition) is 3. The van der Waals surface area contributed by atoms with Crippen LogP contribution in [0.25, 0.3) is 0 Å². The van der Waals surface area contributed by atoms with Crippen LogP contribution in [0.2, 0.25) is 0 Å². The second-order valence-electron chi connectivity index (χ2n) is 5.74. The maximum absolute atomic E-state index is 12.4. The third-order valence-corrected chi connectivity index (χ3v) is 3.95. The standard InChI is InChI=1S/C20H25NO3/c1-15-10-12-16(13-11-15)7-4-5-14-21-20(22)19-17(23-2)8-6-9-18(19)24-3/h6,8-13H,4-5,7,14H2,1-3H3,(H,21,22). The van der Waals surface area contributed by atoms with E-state index in [2.05, 4.69) is 36.5 Å². The minimum Gasteiger partial charge on any atom is -0.496 e. The van der Waals surface area contributed by atoms with Gasteiger partial charge in [-0.2, -0.15) is 0 Å². The van der Waals surface area contributed by atoms with Gasteiger partial charge in [0.05, 0.1) is 14.2 Å². The van der Waals surface area contributed by atoms with Crippen molar-refractivity contribution in [1.29, 1.82) is 0 Å². The number of methoxy groups -OCH3 is 2. The lowest BCUT2D eigenvalue weighted by Gasteiger charge is -2.13. The summed E-state index contributed by atoms with van der Waals surface area (Å²) < 4.78 is 10.5. The molecule has 128 valence electrons. The molecule has 0 saturated carbocycles. The van der Waals surface area contributed by atoms with Gasteiger partial charge >= 0.3 is 0 Å². The van der Waals surface area contributed by atoms with Crippen LogP contribution in [-0.4, -0.2) is 26.7 Å². The van der Waals surface area contributed by atoms with Crippen molar-refractivity contribution in [2.75, 3.05) is 20.8 Å². The normalized spacial score (nSPS) is 10.3. The molecule has 0 aliphatic carbocycles. The number of amides is 1. The zero-order chi connectivity index (χ0) is 17.4. The van der Waals surface area contributed by atoms with Crippen LogP contribution in [0.5, 0.6) is 11.5 Å². The predicted molar refractivity (Wildman–Crippen MR) is 96.0 cm³/mol. The molecule has 0 aliphatic heterocycles. The third kappa shape index (κ3) is 4.75. The molecule has 0 radical (unpaired) electrons. The summed E-state index contributed by atoms with van der Waals surface area (Å²) in [4.78, 5) is 12.4. The van der Waals surface area contributed by atoms with E-state index < -0.39 is 0 Å². The maximum atomic E-state index is 12.4. The van der Waals surface area contributed by atoms with Gasteiger partial charge in [0.2, 0.25) is 0 Å². The molecule has 4 heteroatoms. The summed E-state index contributed by atoms with van der Waals surface area (Å²) in [6.45, 7) is 2.72. The summed E-state index contributed by atoms with van der Waals surface area (Å²) in [6.07, 6.45) is 2.98. The smallest absolute Gasteiger partial charge is 0.258 e. The molecule has 2 aromatic carbocycles. The predicted octanol–water partition coefficient (Wildman–Crippen LogP) is 3.76. The lowest BCUT2D eigenvalue weighted by molar-refractivity contribution is 0.0946. The quantitative estimate of drug-likeness (QED) is 0.751. The Balaban J connectivity index is 1.82. The van der Waals surface area contributed by atoms with E-state index in [0.717, 1.165) is 19.3 Å². The summed E-state index contributed by atoms with van der Waals surface area (Å²) >= 11 is 0. The van der Waals surface area contributed by atoms with Gasteiger partial charge in [-0.3, -0.25) is 4.79 Å². The van der Waals surface area contributed by atoms with Crippen molar-refractivity contribution < 1.29 is 14.3 Å². The highest BCUT2D eigenvalue weighted by Gasteiger charge is 2.17. The largest absolute Gasteiger partial charge is 0.496 e. The first-order chi connectivity index (χ1) is 11.7. The summed E-state index contributed by atoms with van der Waals surface area (Å²) in [6, 6.07) is 13.9. The molecule has 0 bridgehead atoms. The van der Waals surface area contributed by atoms with Crippen LogP contribution in [-0.2, 0) is 6.42 Å². The Labute approximate surface area is 143 Å². The van der Waals surface area contributed by atoms with Crippen molar-refractivity contribution in [3.8, 4) is 11.5 Å². The number of carbonyl (C=O) groups is 1. The summed E-state index contributed by atoms with van der Waals surface area (Å²) in [7, 11) is 3.10. The molecule has 0 unspecified atom stereocenters. The van der Waals surface area contributed by atoms with Crippen molar-refractivity contribution in [2.24, 2.45) is 0 Å². The molecule has 24 heavy (non-hydrogen) atoms. The van der Waals surface area contributed by atoms with E-state index in [1.54, 1.807) is 32.4 Å². The molecule has 0 saturated heterocycles. The van der Waals surface area contributed by atoms with E-state index in [0.29, 0.717) is 23.6 Å². The van der Waals surface area contributed by atoms with E-state index in [1.165, 1.54) is 11.1 Å². The van der Waals surface area contributed by atoms with Gasteiger partial charge in [-0.1, -0.05) is 35.9 Å². The van der Waals surface area contributed by atoms with Gasteiger partial charge in [0.25, 0.3) is 5.91 Å². The number of ether oxygens (including phenoxy) is 2. The number of nitrogens with one attached hydrogen (secondary N) is 1. The minimum absolute atomic E-state index is 0.167. The van der Waals surface area contributed by atoms with Gasteiger partial charge in [-0.25, -0.2) is 0 Å². The molecule has 2 aromatic rings. The Kier molecular flexibility index (Phi) is 6.67. The third-order valence-electron chi connectivity index (χ3n) is 3.95. The van der Waals surface area contributed by atoms with E-state index >= 15 is 0 Å². The SMILES string of the molecule is COc1cccc(OC)c1C(=O)NCCCCc1ccc(C)cc1. The second-order valence-corrected chi connectivity index (χ2v) is 5.74. The highest BCUT2D eigenvalue weighted by molar-refractivity contribution is 5.99. The van der Waals surface area contributed by atoms with Crippen LogP contribution in [0.15, 0.2) is 42.5 Å². The lowest BCUT2D eigenvalue weighted by Crippen LogP contribution is -2.25. The molecule has 0 fully saturated rings. The first kappa shape index (κ1) is 17.9. The Morgan fingerprint density at radius 3 is 2.17 bits per heavy atom. The summed E-state index contributed by atoms with van der Waals surface area (Å²) in [5.74, 6) is 0.873. The zero-order valence-electron chi connectivity index (χ0n) is 14.6. The van der Waals surface area contributed by atoms with Gasteiger partial charge in [0.15, 0.2) is 0 Å². The van der Waals surface area contributed by atoms with Crippen LogP contribution >= 0.6 is 0 Å². The summed E-state index contributed by atoms with van der Waals surface area (Å²) in [5, 5.41) is 2.94. The fourth-order valence-corrected chi connectivity index (χ4v) is 2.57. The Hall–Kier alpha value is -2.49. The average molecular weight is 327 g/mol. The topological polar surface area (TPSA) is 47.6 Å². The minimum atomic E-state index is -0.167. The van der Waals surface area contributed by atoms with Crippen LogP contribution < -0.4 is 14.8 Å². The molecule has 1 amide bonds. The van der Waals surface area contributed by atoms with Crippen molar-refractivity contribution >= 4 is 5.91 Å². The van der Waals surface area contributed by atoms with Gasteiger partial charge in [0.1, 0.15) is 17.1 Å². The van der Waals surface area contributed by atoms with Crippen molar-refractivity contribution in [2.45, 2.75) is 26.2 Å². The van der Waals surface area contributed by atoms with Gasteiger partial charge < -0.3 is 14.8 Å². The molecule has 1 N–H and O–H groups in total. The van der Waals surface area contributed by atoms with Crippen LogP contribution in [0.1, 0.15) is 34.3 Å². The van der Waals surface area contributed by atoms with E-state index in [9.17, 15) is 4.79 Å². The van der Waals surface area contributed by atoms with E-state index in [1.807, 2.05) is 0 Å². The van der Waals surface area contributed by atoms with Gasteiger partial charge in [-0.05, 0) is 43.9 Å². The van der Waals surface area contributed by atoms with Gasteiger partial charge in [-0.15, -0.1) is 0 Å². The molecule has 0 heterocycles. The van der Waals surface area contributed by atoms with Crippen LogP contribution in [0.3, 0.4) is 0 Å². The fourth-order valence-electron chi connectivity index (χ4n) is 2.57. The number of unbranched alkanes of at least 4 members (excludes halogenated alkanes) is 1. The first-order valence-electron chi connectivity index (χ1n) is 8.20. The maximum Gasteiger partial charge on any atom is 0.258 e. The Bertz CT molecular complexity index is 643. The second kappa shape index (κ2) is 8.96. The number of hydrogen-bond donors (Lipinski definition) is 1. The van der Waals surface area contributed by atoms with Crippen molar-refractivity contribution in [1.82, 2.24) is 5.32 Å². The molecular formula is C20H25NO3. The molecular weight excluding hydrogens is 302 g/mol. The summed E-state index contributed by atoms with van der Waals surface area (Å²) in [5.41, 5.74) is 3.05. The van der Waals surface area contributed by atoms with Crippen LogP contribution in [0.4, 0.5) is 0 Å². The first-order valence-corrected chi connectivity index (χ1v) is 8.20. The number of rotatable bonds is 8. The number of carbonyl (C=O) groups excluding carboxylic acids is 1. The molecule has 0 spiro atoms. The van der Waals surface area contributed by atoms with Crippen molar-refractivity contribution in [3.05, 3.63) is 59.2 Å². The van der Waals surface area contributed by atoms with Crippen molar-refractivity contribution in [3.63, 3.8) is 0 Å². The van der Waals surface area contributed by atoms with Gasteiger partial charge in [0, 0.05) is 6.54 Å². The monoisotopic (exact) mass is 327 g/mol.